The Morgan fingerprint density at radius 3 is 2.44 bits per heavy atom. The van der Waals surface area contributed by atoms with Crippen LogP contribution >= 0.6 is 0 Å². The van der Waals surface area contributed by atoms with Crippen LogP contribution in [0.15, 0.2) is 12.1 Å². The summed E-state index contributed by atoms with van der Waals surface area (Å²) in [5, 5.41) is 11.5. The van der Waals surface area contributed by atoms with E-state index in [4.69, 9.17) is 5.11 Å². The van der Waals surface area contributed by atoms with Gasteiger partial charge in [-0.25, -0.2) is 4.79 Å². The van der Waals surface area contributed by atoms with Gasteiger partial charge in [0, 0.05) is 12.7 Å². The monoisotopic (exact) mass is 222 g/mol. The van der Waals surface area contributed by atoms with Crippen molar-refractivity contribution >= 4 is 11.9 Å². The standard InChI is InChI=1S/C11H14N2O3/c1-7-3-4-8(13(7)2)9(14)12-11(5-6-11)10(15)16/h3-4H,5-6H2,1-2H3,(H,12,14)(H,15,16). The van der Waals surface area contributed by atoms with E-state index in [0.29, 0.717) is 18.5 Å². The molecule has 5 heteroatoms. The van der Waals surface area contributed by atoms with Gasteiger partial charge in [-0.15, -0.1) is 0 Å². The number of aliphatic carboxylic acids is 1. The van der Waals surface area contributed by atoms with Crippen LogP contribution in [0.3, 0.4) is 0 Å². The number of carbonyl (C=O) groups is 2. The van der Waals surface area contributed by atoms with Crippen molar-refractivity contribution in [3.8, 4) is 0 Å². The largest absolute Gasteiger partial charge is 0.480 e. The van der Waals surface area contributed by atoms with E-state index in [1.54, 1.807) is 17.7 Å². The zero-order chi connectivity index (χ0) is 11.9. The third-order valence-electron chi connectivity index (χ3n) is 3.12. The second kappa shape index (κ2) is 3.37. The molecule has 1 amide bonds. The van der Waals surface area contributed by atoms with E-state index in [2.05, 4.69) is 5.32 Å². The Morgan fingerprint density at radius 2 is 2.06 bits per heavy atom. The number of hydrogen-bond donors (Lipinski definition) is 2. The molecule has 0 saturated heterocycles. The lowest BCUT2D eigenvalue weighted by atomic mass is 10.2. The summed E-state index contributed by atoms with van der Waals surface area (Å²) in [6.07, 6.45) is 1.02. The summed E-state index contributed by atoms with van der Waals surface area (Å²) in [5.41, 5.74) is 0.435. The number of hydrogen-bond acceptors (Lipinski definition) is 2. The van der Waals surface area contributed by atoms with Crippen molar-refractivity contribution in [2.45, 2.75) is 25.3 Å². The maximum absolute atomic E-state index is 11.8. The zero-order valence-electron chi connectivity index (χ0n) is 9.28. The number of aromatic nitrogens is 1. The van der Waals surface area contributed by atoms with Gasteiger partial charge in [-0.05, 0) is 31.9 Å². The molecule has 0 atom stereocenters. The van der Waals surface area contributed by atoms with Gasteiger partial charge in [0.05, 0.1) is 0 Å². The molecule has 0 radical (unpaired) electrons. The lowest BCUT2D eigenvalue weighted by Gasteiger charge is -2.13. The fraction of sp³-hybridized carbons (Fsp3) is 0.455. The van der Waals surface area contributed by atoms with Gasteiger partial charge < -0.3 is 15.0 Å². The highest BCUT2D eigenvalue weighted by Gasteiger charge is 2.51. The van der Waals surface area contributed by atoms with Crippen LogP contribution in [-0.4, -0.2) is 27.1 Å². The van der Waals surface area contributed by atoms with Crippen LogP contribution in [0.4, 0.5) is 0 Å². The fourth-order valence-electron chi connectivity index (χ4n) is 1.64. The Bertz CT molecular complexity index is 458. The van der Waals surface area contributed by atoms with Crippen molar-refractivity contribution in [1.82, 2.24) is 9.88 Å². The van der Waals surface area contributed by atoms with Gasteiger partial charge in [-0.1, -0.05) is 0 Å². The Balaban J connectivity index is 2.15. The van der Waals surface area contributed by atoms with Crippen molar-refractivity contribution in [2.24, 2.45) is 7.05 Å². The Labute approximate surface area is 93.1 Å². The number of amides is 1. The number of nitrogens with one attached hydrogen (secondary N) is 1. The van der Waals surface area contributed by atoms with Crippen LogP contribution < -0.4 is 5.32 Å². The third kappa shape index (κ3) is 1.58. The van der Waals surface area contributed by atoms with Crippen molar-refractivity contribution in [3.63, 3.8) is 0 Å². The summed E-state index contributed by atoms with van der Waals surface area (Å²) in [4.78, 5) is 22.8. The van der Waals surface area contributed by atoms with Gasteiger partial charge in [0.1, 0.15) is 11.2 Å². The molecule has 2 N–H and O–H groups in total. The van der Waals surface area contributed by atoms with E-state index in [0.717, 1.165) is 5.69 Å². The molecule has 0 aliphatic heterocycles. The maximum Gasteiger partial charge on any atom is 0.329 e. The first-order chi connectivity index (χ1) is 7.46. The molecule has 1 saturated carbocycles. The molecule has 0 spiro atoms. The maximum atomic E-state index is 11.8. The van der Waals surface area contributed by atoms with E-state index in [-0.39, 0.29) is 5.91 Å². The molecular weight excluding hydrogens is 208 g/mol. The molecule has 1 aromatic rings. The lowest BCUT2D eigenvalue weighted by Crippen LogP contribution is -2.43. The number of nitrogens with zero attached hydrogens (tertiary/aromatic N) is 1. The average molecular weight is 222 g/mol. The van der Waals surface area contributed by atoms with Crippen LogP contribution in [0.2, 0.25) is 0 Å². The molecule has 1 aliphatic rings. The van der Waals surface area contributed by atoms with Crippen molar-refractivity contribution in [2.75, 3.05) is 0 Å². The van der Waals surface area contributed by atoms with Crippen LogP contribution in [0.1, 0.15) is 29.0 Å². The molecule has 86 valence electrons. The quantitative estimate of drug-likeness (QED) is 0.790. The third-order valence-corrected chi connectivity index (χ3v) is 3.12. The van der Waals surface area contributed by atoms with Crippen molar-refractivity contribution in [1.29, 1.82) is 0 Å². The number of aryl methyl sites for hydroxylation is 1. The molecule has 0 aromatic carbocycles. The first-order valence-corrected chi connectivity index (χ1v) is 5.14. The number of carboxylic acid groups (broad SMARTS) is 1. The number of carbonyl (C=O) groups excluding carboxylic acids is 1. The Hall–Kier alpha value is -1.78. The first-order valence-electron chi connectivity index (χ1n) is 5.14. The fourth-order valence-corrected chi connectivity index (χ4v) is 1.64. The average Bonchev–Trinajstić information content (AvgIpc) is 2.91. The summed E-state index contributed by atoms with van der Waals surface area (Å²) < 4.78 is 1.74. The van der Waals surface area contributed by atoms with E-state index in [9.17, 15) is 9.59 Å². The summed E-state index contributed by atoms with van der Waals surface area (Å²) in [6.45, 7) is 1.89. The predicted molar refractivity (Wildman–Crippen MR) is 57.2 cm³/mol. The molecule has 1 fully saturated rings. The molecule has 1 aromatic heterocycles. The van der Waals surface area contributed by atoms with Crippen molar-refractivity contribution < 1.29 is 14.7 Å². The van der Waals surface area contributed by atoms with Crippen LogP contribution in [0.5, 0.6) is 0 Å². The van der Waals surface area contributed by atoms with Crippen LogP contribution in [0, 0.1) is 6.92 Å². The lowest BCUT2D eigenvalue weighted by molar-refractivity contribution is -0.140. The number of rotatable bonds is 3. The summed E-state index contributed by atoms with van der Waals surface area (Å²) in [6, 6.07) is 3.53. The van der Waals surface area contributed by atoms with Gasteiger partial charge in [0.25, 0.3) is 5.91 Å². The summed E-state index contributed by atoms with van der Waals surface area (Å²) in [5.74, 6) is -1.28. The predicted octanol–water partition coefficient (Wildman–Crippen LogP) is 0.681. The minimum Gasteiger partial charge on any atom is -0.480 e. The molecule has 16 heavy (non-hydrogen) atoms. The highest BCUT2D eigenvalue weighted by molar-refractivity contribution is 5.98. The topological polar surface area (TPSA) is 71.3 Å². The van der Waals surface area contributed by atoms with Crippen LogP contribution in [-0.2, 0) is 11.8 Å². The SMILES string of the molecule is Cc1ccc(C(=O)NC2(C(=O)O)CC2)n1C. The van der Waals surface area contributed by atoms with E-state index in [1.165, 1.54) is 0 Å². The minimum absolute atomic E-state index is 0.324. The van der Waals surface area contributed by atoms with Gasteiger partial charge in [-0.2, -0.15) is 0 Å². The van der Waals surface area contributed by atoms with Gasteiger partial charge in [0.15, 0.2) is 0 Å². The van der Waals surface area contributed by atoms with E-state index >= 15 is 0 Å². The molecule has 0 unspecified atom stereocenters. The van der Waals surface area contributed by atoms with E-state index in [1.807, 2.05) is 13.0 Å². The molecule has 1 heterocycles. The minimum atomic E-state index is -1.02. The van der Waals surface area contributed by atoms with Crippen molar-refractivity contribution in [3.05, 3.63) is 23.5 Å². The Kier molecular flexibility index (Phi) is 2.26. The molecular formula is C11H14N2O3. The molecule has 0 bridgehead atoms. The summed E-state index contributed by atoms with van der Waals surface area (Å²) in [7, 11) is 1.78. The second-order valence-electron chi connectivity index (χ2n) is 4.26. The molecule has 5 nitrogen and oxygen atoms in total. The first kappa shape index (κ1) is 10.7. The van der Waals surface area contributed by atoms with Gasteiger partial charge in [-0.3, -0.25) is 4.79 Å². The second-order valence-corrected chi connectivity index (χ2v) is 4.26. The highest BCUT2D eigenvalue weighted by atomic mass is 16.4. The van der Waals surface area contributed by atoms with Gasteiger partial charge >= 0.3 is 5.97 Å². The number of carboxylic acids is 1. The molecule has 1 aliphatic carbocycles. The normalized spacial score (nSPS) is 16.9. The van der Waals surface area contributed by atoms with E-state index < -0.39 is 11.5 Å². The summed E-state index contributed by atoms with van der Waals surface area (Å²) >= 11 is 0. The smallest absolute Gasteiger partial charge is 0.329 e. The zero-order valence-corrected chi connectivity index (χ0v) is 9.28. The highest BCUT2D eigenvalue weighted by Crippen LogP contribution is 2.35. The Morgan fingerprint density at radius 1 is 1.44 bits per heavy atom. The van der Waals surface area contributed by atoms with Crippen LogP contribution in [0.25, 0.3) is 0 Å². The molecule has 2 rings (SSSR count). The van der Waals surface area contributed by atoms with Gasteiger partial charge in [0.2, 0.25) is 0 Å².